The molecule has 1 aliphatic rings. The molecule has 0 amide bonds. The Morgan fingerprint density at radius 3 is 2.52 bits per heavy atom. The number of ether oxygens (including phenoxy) is 2. The summed E-state index contributed by atoms with van der Waals surface area (Å²) in [7, 11) is 0. The zero-order valence-corrected chi connectivity index (χ0v) is 11.8. The number of nitro benzene ring substituents is 1. The molecule has 2 rings (SSSR count). The Hall–Kier alpha value is -2.15. The van der Waals surface area contributed by atoms with Gasteiger partial charge < -0.3 is 15.2 Å². The summed E-state index contributed by atoms with van der Waals surface area (Å²) in [6.07, 6.45) is 1.75. The van der Waals surface area contributed by atoms with Gasteiger partial charge >= 0.3 is 5.97 Å². The molecule has 0 heterocycles. The second kappa shape index (κ2) is 6.09. The average Bonchev–Trinajstić information content (AvgIpc) is 3.30. The zero-order chi connectivity index (χ0) is 15.5. The highest BCUT2D eigenvalue weighted by Crippen LogP contribution is 2.39. The van der Waals surface area contributed by atoms with E-state index in [1.165, 1.54) is 24.3 Å². The second-order valence-corrected chi connectivity index (χ2v) is 5.07. The number of esters is 1. The van der Waals surface area contributed by atoms with Gasteiger partial charge in [-0.25, -0.2) is 4.79 Å². The third kappa shape index (κ3) is 3.49. The molecule has 1 atom stereocenters. The van der Waals surface area contributed by atoms with Gasteiger partial charge in [-0.1, -0.05) is 0 Å². The first-order valence-corrected chi connectivity index (χ1v) is 6.80. The number of hydrogen-bond acceptors (Lipinski definition) is 6. The van der Waals surface area contributed by atoms with Gasteiger partial charge in [0.15, 0.2) is 5.54 Å². The van der Waals surface area contributed by atoms with Gasteiger partial charge in [0, 0.05) is 12.1 Å². The van der Waals surface area contributed by atoms with Crippen molar-refractivity contribution < 1.29 is 19.2 Å². The lowest BCUT2D eigenvalue weighted by Crippen LogP contribution is -2.55. The van der Waals surface area contributed by atoms with E-state index in [1.807, 2.05) is 0 Å². The maximum Gasteiger partial charge on any atom is 0.329 e. The minimum Gasteiger partial charge on any atom is -0.491 e. The predicted molar refractivity (Wildman–Crippen MR) is 74.9 cm³/mol. The van der Waals surface area contributed by atoms with E-state index in [2.05, 4.69) is 0 Å². The van der Waals surface area contributed by atoms with Crippen LogP contribution in [0, 0.1) is 16.0 Å². The number of benzene rings is 1. The molecule has 0 radical (unpaired) electrons. The number of non-ortho nitro benzene ring substituents is 1. The fraction of sp³-hybridized carbons (Fsp3) is 0.500. The van der Waals surface area contributed by atoms with Crippen molar-refractivity contribution in [2.75, 3.05) is 13.2 Å². The molecule has 7 heteroatoms. The molecule has 21 heavy (non-hydrogen) atoms. The Labute approximate surface area is 122 Å². The Balaban J connectivity index is 2.01. The number of carbonyl (C=O) groups excluding carboxylic acids is 1. The van der Waals surface area contributed by atoms with E-state index < -0.39 is 16.4 Å². The van der Waals surface area contributed by atoms with Gasteiger partial charge in [-0.05, 0) is 37.8 Å². The second-order valence-electron chi connectivity index (χ2n) is 5.07. The third-order valence-electron chi connectivity index (χ3n) is 3.49. The molecule has 2 N–H and O–H groups in total. The van der Waals surface area contributed by atoms with Gasteiger partial charge in [-0.3, -0.25) is 10.1 Å². The van der Waals surface area contributed by atoms with Crippen LogP contribution in [0.1, 0.15) is 19.8 Å². The maximum absolute atomic E-state index is 12.0. The van der Waals surface area contributed by atoms with Gasteiger partial charge in [0.1, 0.15) is 12.4 Å². The van der Waals surface area contributed by atoms with E-state index in [4.69, 9.17) is 15.2 Å². The molecule has 114 valence electrons. The van der Waals surface area contributed by atoms with Crippen molar-refractivity contribution in [2.24, 2.45) is 11.7 Å². The number of nitrogens with zero attached hydrogens (tertiary/aromatic N) is 1. The lowest BCUT2D eigenvalue weighted by molar-refractivity contribution is -0.384. The molecule has 7 nitrogen and oxygen atoms in total. The summed E-state index contributed by atoms with van der Waals surface area (Å²) >= 11 is 0. The Kier molecular flexibility index (Phi) is 4.42. The minimum atomic E-state index is -1.15. The van der Waals surface area contributed by atoms with E-state index in [0.717, 1.165) is 12.8 Å². The highest BCUT2D eigenvalue weighted by molar-refractivity contribution is 5.81. The molecule has 1 unspecified atom stereocenters. The highest BCUT2D eigenvalue weighted by Gasteiger charge is 2.50. The fourth-order valence-electron chi connectivity index (χ4n) is 2.07. The Morgan fingerprint density at radius 2 is 2.05 bits per heavy atom. The molecule has 1 aromatic rings. The summed E-state index contributed by atoms with van der Waals surface area (Å²) in [4.78, 5) is 22.1. The van der Waals surface area contributed by atoms with Gasteiger partial charge in [-0.2, -0.15) is 0 Å². The van der Waals surface area contributed by atoms with Crippen molar-refractivity contribution in [1.29, 1.82) is 0 Å². The van der Waals surface area contributed by atoms with Gasteiger partial charge in [0.05, 0.1) is 11.5 Å². The summed E-state index contributed by atoms with van der Waals surface area (Å²) in [6.45, 7) is 1.98. The van der Waals surface area contributed by atoms with Crippen LogP contribution in [0.5, 0.6) is 5.75 Å². The van der Waals surface area contributed by atoms with Crippen molar-refractivity contribution in [1.82, 2.24) is 0 Å². The molecule has 1 fully saturated rings. The van der Waals surface area contributed by atoms with Crippen LogP contribution in [-0.2, 0) is 9.53 Å². The molecular weight excluding hydrogens is 276 g/mol. The lowest BCUT2D eigenvalue weighted by atomic mass is 9.96. The van der Waals surface area contributed by atoms with E-state index >= 15 is 0 Å². The van der Waals surface area contributed by atoms with Crippen molar-refractivity contribution in [3.63, 3.8) is 0 Å². The maximum atomic E-state index is 12.0. The van der Waals surface area contributed by atoms with Gasteiger partial charge in [0.2, 0.25) is 0 Å². The summed E-state index contributed by atoms with van der Waals surface area (Å²) in [5, 5.41) is 10.6. The predicted octanol–water partition coefficient (Wildman–Crippen LogP) is 1.64. The summed E-state index contributed by atoms with van der Waals surface area (Å²) < 4.78 is 10.5. The smallest absolute Gasteiger partial charge is 0.329 e. The monoisotopic (exact) mass is 294 g/mol. The Bertz CT molecular complexity index is 527. The quantitative estimate of drug-likeness (QED) is 0.465. The molecule has 0 bridgehead atoms. The molecule has 1 aliphatic carbocycles. The summed E-state index contributed by atoms with van der Waals surface area (Å²) in [5.74, 6) is 0.0318. The van der Waals surface area contributed by atoms with E-state index in [9.17, 15) is 14.9 Å². The first-order chi connectivity index (χ1) is 9.97. The first kappa shape index (κ1) is 15.2. The van der Waals surface area contributed by atoms with Crippen LogP contribution in [0.4, 0.5) is 5.69 Å². The van der Waals surface area contributed by atoms with Crippen LogP contribution in [-0.4, -0.2) is 29.6 Å². The molecule has 0 saturated heterocycles. The van der Waals surface area contributed by atoms with Crippen LogP contribution in [0.3, 0.4) is 0 Å². The van der Waals surface area contributed by atoms with Crippen LogP contribution in [0.15, 0.2) is 24.3 Å². The number of carbonyl (C=O) groups is 1. The third-order valence-corrected chi connectivity index (χ3v) is 3.49. The number of rotatable bonds is 7. The number of hydrogen-bond donors (Lipinski definition) is 1. The topological polar surface area (TPSA) is 105 Å². The molecule has 1 saturated carbocycles. The highest BCUT2D eigenvalue weighted by atomic mass is 16.6. The first-order valence-electron chi connectivity index (χ1n) is 6.80. The zero-order valence-electron chi connectivity index (χ0n) is 11.8. The van der Waals surface area contributed by atoms with E-state index in [0.29, 0.717) is 5.75 Å². The van der Waals surface area contributed by atoms with Gasteiger partial charge in [-0.15, -0.1) is 0 Å². The average molecular weight is 294 g/mol. The molecule has 1 aromatic carbocycles. The van der Waals surface area contributed by atoms with E-state index in [-0.39, 0.29) is 24.8 Å². The fourth-order valence-corrected chi connectivity index (χ4v) is 2.07. The van der Waals surface area contributed by atoms with Crippen molar-refractivity contribution >= 4 is 11.7 Å². The largest absolute Gasteiger partial charge is 0.491 e. The summed E-state index contributed by atoms with van der Waals surface area (Å²) in [5.41, 5.74) is 4.98. The van der Waals surface area contributed by atoms with Crippen LogP contribution < -0.4 is 10.5 Å². The van der Waals surface area contributed by atoms with Crippen molar-refractivity contribution in [3.05, 3.63) is 34.4 Å². The normalized spacial score (nSPS) is 16.9. The molecule has 0 spiro atoms. The van der Waals surface area contributed by atoms with Crippen LogP contribution in [0.2, 0.25) is 0 Å². The van der Waals surface area contributed by atoms with Crippen molar-refractivity contribution in [3.8, 4) is 5.75 Å². The standard InChI is InChI=1S/C14H18N2O5/c1-2-20-13(17)14(15,10-3-4-10)9-21-12-7-5-11(6-8-12)16(18)19/h5-8,10H,2-4,9,15H2,1H3. The SMILES string of the molecule is CCOC(=O)C(N)(COc1ccc([N+](=O)[O-])cc1)C1CC1. The van der Waals surface area contributed by atoms with Gasteiger partial charge in [0.25, 0.3) is 5.69 Å². The van der Waals surface area contributed by atoms with E-state index in [1.54, 1.807) is 6.92 Å². The number of nitro groups is 1. The Morgan fingerprint density at radius 1 is 1.43 bits per heavy atom. The number of nitrogens with two attached hydrogens (primary N) is 1. The molecule has 0 aromatic heterocycles. The van der Waals surface area contributed by atoms with Crippen LogP contribution in [0.25, 0.3) is 0 Å². The minimum absolute atomic E-state index is 0.00564. The molecule has 0 aliphatic heterocycles. The molecular formula is C14H18N2O5. The summed E-state index contributed by atoms with van der Waals surface area (Å²) in [6, 6.07) is 5.65. The lowest BCUT2D eigenvalue weighted by Gasteiger charge is -2.26. The van der Waals surface area contributed by atoms with Crippen molar-refractivity contribution in [2.45, 2.75) is 25.3 Å². The van der Waals surface area contributed by atoms with Crippen LogP contribution >= 0.6 is 0 Å².